The van der Waals surface area contributed by atoms with Gasteiger partial charge in [-0.3, -0.25) is 0 Å². The number of halogens is 1. The van der Waals surface area contributed by atoms with Crippen LogP contribution in [0.25, 0.3) is 0 Å². The van der Waals surface area contributed by atoms with Crippen molar-refractivity contribution in [3.63, 3.8) is 0 Å². The summed E-state index contributed by atoms with van der Waals surface area (Å²) in [6.07, 6.45) is 6.93. The topological polar surface area (TPSA) is 3.24 Å². The lowest BCUT2D eigenvalue weighted by Gasteiger charge is -2.25. The van der Waals surface area contributed by atoms with E-state index in [4.69, 9.17) is 10.7 Å². The average Bonchev–Trinajstić information content (AvgIpc) is 2.09. The first-order valence-electron chi connectivity index (χ1n) is 4.47. The van der Waals surface area contributed by atoms with Crippen molar-refractivity contribution in [2.75, 3.05) is 6.54 Å². The van der Waals surface area contributed by atoms with Crippen LogP contribution < -0.4 is 0 Å². The van der Waals surface area contributed by atoms with Crippen molar-refractivity contribution in [3.8, 4) is 0 Å². The molecule has 0 saturated heterocycles. The van der Waals surface area contributed by atoms with Crippen LogP contribution in [0, 0.1) is 0 Å². The van der Waals surface area contributed by atoms with E-state index in [0.717, 1.165) is 23.7 Å². The molecule has 0 N–H and O–H groups in total. The molecule has 1 nitrogen and oxygen atoms in total. The Morgan fingerprint density at radius 3 is 2.45 bits per heavy atom. The molecule has 3 heteroatoms. The third-order valence-electron chi connectivity index (χ3n) is 2.42. The zero-order valence-corrected chi connectivity index (χ0v) is 8.74. The van der Waals surface area contributed by atoms with E-state index >= 15 is 0 Å². The Labute approximate surface area is 78.1 Å². The number of hydrogen-bond donors (Lipinski definition) is 0. The number of thiol groups is 1. The first-order chi connectivity index (χ1) is 5.38. The van der Waals surface area contributed by atoms with E-state index in [0.29, 0.717) is 0 Å². The zero-order valence-electron chi connectivity index (χ0n) is 7.09. The second-order valence-corrected chi connectivity index (χ2v) is 4.24. The van der Waals surface area contributed by atoms with E-state index in [2.05, 4.69) is 11.2 Å². The van der Waals surface area contributed by atoms with E-state index in [1.165, 1.54) is 32.1 Å². The molecular formula is C8H17ClNS+. The summed E-state index contributed by atoms with van der Waals surface area (Å²) in [6.45, 7) is 3.28. The van der Waals surface area contributed by atoms with Crippen molar-refractivity contribution < 1.29 is 0 Å². The van der Waals surface area contributed by atoms with Gasteiger partial charge in [-0.15, -0.1) is 4.31 Å². The SMILES string of the molecule is CCN([SH+]Cl)C1CCCCC1. The third kappa shape index (κ3) is 2.85. The summed E-state index contributed by atoms with van der Waals surface area (Å²) in [6, 6.07) is 0.771. The molecule has 0 atom stereocenters. The zero-order chi connectivity index (χ0) is 8.10. The van der Waals surface area contributed by atoms with Gasteiger partial charge >= 0.3 is 0 Å². The number of rotatable bonds is 3. The maximum Gasteiger partial charge on any atom is 0.198 e. The smallest absolute Gasteiger partial charge is 0.108 e. The fourth-order valence-corrected chi connectivity index (χ4v) is 2.90. The van der Waals surface area contributed by atoms with Gasteiger partial charge in [-0.05, 0) is 19.8 Å². The third-order valence-corrected chi connectivity index (χ3v) is 3.80. The molecule has 0 aromatic heterocycles. The lowest BCUT2D eigenvalue weighted by molar-refractivity contribution is 0.281. The van der Waals surface area contributed by atoms with Gasteiger partial charge in [0.25, 0.3) is 0 Å². The molecular weight excluding hydrogens is 178 g/mol. The summed E-state index contributed by atoms with van der Waals surface area (Å²) >= 11 is 0.934. The predicted molar refractivity (Wildman–Crippen MR) is 53.9 cm³/mol. The fourth-order valence-electron chi connectivity index (χ4n) is 1.75. The maximum atomic E-state index is 5.80. The minimum absolute atomic E-state index is 0.771. The predicted octanol–water partition coefficient (Wildman–Crippen LogP) is 2.52. The van der Waals surface area contributed by atoms with Crippen LogP contribution in [0.5, 0.6) is 0 Å². The summed E-state index contributed by atoms with van der Waals surface area (Å²) in [7, 11) is 5.80. The van der Waals surface area contributed by atoms with Crippen LogP contribution >= 0.6 is 10.7 Å². The molecule has 1 aliphatic carbocycles. The van der Waals surface area contributed by atoms with Gasteiger partial charge in [0.2, 0.25) is 0 Å². The van der Waals surface area contributed by atoms with Crippen molar-refractivity contribution in [1.29, 1.82) is 0 Å². The molecule has 0 heterocycles. The van der Waals surface area contributed by atoms with E-state index < -0.39 is 0 Å². The van der Waals surface area contributed by atoms with Gasteiger partial charge in [0.15, 0.2) is 21.8 Å². The highest BCUT2D eigenvalue weighted by atomic mass is 35.7. The van der Waals surface area contributed by atoms with E-state index in [1.807, 2.05) is 0 Å². The molecule has 1 saturated carbocycles. The first kappa shape index (κ1) is 9.69. The van der Waals surface area contributed by atoms with Crippen LogP contribution in [0.3, 0.4) is 0 Å². The van der Waals surface area contributed by atoms with E-state index in [-0.39, 0.29) is 0 Å². The Morgan fingerprint density at radius 1 is 1.36 bits per heavy atom. The molecule has 0 bridgehead atoms. The molecule has 66 valence electrons. The van der Waals surface area contributed by atoms with Crippen molar-refractivity contribution in [2.24, 2.45) is 0 Å². The van der Waals surface area contributed by atoms with Crippen molar-refractivity contribution >= 4 is 21.8 Å². The molecule has 0 aliphatic heterocycles. The molecule has 0 spiro atoms. The number of hydrogen-bond acceptors (Lipinski definition) is 1. The Balaban J connectivity index is 2.30. The van der Waals surface area contributed by atoms with E-state index in [1.54, 1.807) is 0 Å². The Hall–Kier alpha value is 0.600. The monoisotopic (exact) mass is 194 g/mol. The Kier molecular flexibility index (Phi) is 4.65. The van der Waals surface area contributed by atoms with Crippen LogP contribution in [0.4, 0.5) is 0 Å². The van der Waals surface area contributed by atoms with E-state index in [9.17, 15) is 0 Å². The van der Waals surface area contributed by atoms with Gasteiger partial charge in [0, 0.05) is 6.54 Å². The molecule has 11 heavy (non-hydrogen) atoms. The highest BCUT2D eigenvalue weighted by molar-refractivity contribution is 8.00. The van der Waals surface area contributed by atoms with Gasteiger partial charge in [-0.25, -0.2) is 0 Å². The molecule has 1 rings (SSSR count). The molecule has 1 aliphatic rings. The Morgan fingerprint density at radius 2 is 2.00 bits per heavy atom. The standard InChI is InChI=1S/C8H16ClNS/c1-2-10(11-9)8-6-4-3-5-7-8/h8H,2-7H2,1H3/p+1. The molecule has 0 amide bonds. The normalized spacial score (nSPS) is 21.0. The highest BCUT2D eigenvalue weighted by Crippen LogP contribution is 2.23. The second-order valence-electron chi connectivity index (χ2n) is 3.12. The highest BCUT2D eigenvalue weighted by Gasteiger charge is 2.24. The van der Waals surface area contributed by atoms with Crippen LogP contribution in [-0.4, -0.2) is 16.9 Å². The fraction of sp³-hybridized carbons (Fsp3) is 1.00. The van der Waals surface area contributed by atoms with Crippen molar-refractivity contribution in [2.45, 2.75) is 45.1 Å². The molecule has 0 aromatic rings. The van der Waals surface area contributed by atoms with Gasteiger partial charge in [-0.2, -0.15) is 0 Å². The summed E-state index contributed by atoms with van der Waals surface area (Å²) in [5.74, 6) is 0. The van der Waals surface area contributed by atoms with Crippen molar-refractivity contribution in [3.05, 3.63) is 0 Å². The summed E-state index contributed by atoms with van der Waals surface area (Å²) < 4.78 is 2.35. The van der Waals surface area contributed by atoms with Crippen LogP contribution in [0.2, 0.25) is 0 Å². The first-order valence-corrected chi connectivity index (χ1v) is 6.22. The average molecular weight is 195 g/mol. The maximum absolute atomic E-state index is 5.80. The summed E-state index contributed by atoms with van der Waals surface area (Å²) in [5, 5.41) is 0. The summed E-state index contributed by atoms with van der Waals surface area (Å²) in [5.41, 5.74) is 0. The number of nitrogens with zero attached hydrogens (tertiary/aromatic N) is 1. The molecule has 0 unspecified atom stereocenters. The minimum Gasteiger partial charge on any atom is -0.108 e. The quantitative estimate of drug-likeness (QED) is 0.493. The van der Waals surface area contributed by atoms with Gasteiger partial charge in [0.1, 0.15) is 0 Å². The van der Waals surface area contributed by atoms with Crippen LogP contribution in [0.1, 0.15) is 39.0 Å². The van der Waals surface area contributed by atoms with Crippen molar-refractivity contribution in [1.82, 2.24) is 4.31 Å². The minimum atomic E-state index is 0.771. The lowest BCUT2D eigenvalue weighted by atomic mass is 9.95. The van der Waals surface area contributed by atoms with Gasteiger partial charge in [0.05, 0.1) is 6.04 Å². The van der Waals surface area contributed by atoms with Gasteiger partial charge < -0.3 is 0 Å². The summed E-state index contributed by atoms with van der Waals surface area (Å²) in [4.78, 5) is 0. The lowest BCUT2D eigenvalue weighted by Crippen LogP contribution is -2.33. The molecule has 1 fully saturated rings. The molecule has 0 radical (unpaired) electrons. The Bertz CT molecular complexity index is 100. The van der Waals surface area contributed by atoms with Gasteiger partial charge in [-0.1, -0.05) is 19.3 Å². The largest absolute Gasteiger partial charge is 0.198 e. The van der Waals surface area contributed by atoms with Crippen LogP contribution in [-0.2, 0) is 11.2 Å². The second kappa shape index (κ2) is 5.28. The molecule has 0 aromatic carbocycles. The van der Waals surface area contributed by atoms with Crippen LogP contribution in [0.15, 0.2) is 0 Å².